The maximum Gasteiger partial charge on any atom is 0.251 e. The maximum absolute atomic E-state index is 12.3. The highest BCUT2D eigenvalue weighted by molar-refractivity contribution is 7.89. The third-order valence-electron chi connectivity index (χ3n) is 4.00. The zero-order valence-corrected chi connectivity index (χ0v) is 14.7. The van der Waals surface area contributed by atoms with Crippen molar-refractivity contribution in [1.29, 1.82) is 0 Å². The van der Waals surface area contributed by atoms with Crippen LogP contribution >= 0.6 is 0 Å². The molecule has 0 radical (unpaired) electrons. The van der Waals surface area contributed by atoms with Crippen molar-refractivity contribution in [1.82, 2.24) is 15.4 Å². The first-order valence-electron chi connectivity index (χ1n) is 8.17. The summed E-state index contributed by atoms with van der Waals surface area (Å²) in [5.74, 6) is -0.226. The molecule has 1 fully saturated rings. The quantitative estimate of drug-likeness (QED) is 0.560. The van der Waals surface area contributed by atoms with Crippen LogP contribution in [-0.2, 0) is 10.0 Å². The molecule has 1 aromatic rings. The van der Waals surface area contributed by atoms with Gasteiger partial charge in [-0.2, -0.15) is 0 Å². The summed E-state index contributed by atoms with van der Waals surface area (Å²) < 4.78 is 27.1. The molecule has 0 bridgehead atoms. The van der Waals surface area contributed by atoms with Crippen molar-refractivity contribution >= 4 is 15.9 Å². The van der Waals surface area contributed by atoms with Crippen LogP contribution < -0.4 is 15.4 Å². The number of nitrogens with one attached hydrogen (secondary N) is 3. The zero-order chi connectivity index (χ0) is 17.6. The predicted molar refractivity (Wildman–Crippen MR) is 91.3 cm³/mol. The van der Waals surface area contributed by atoms with Gasteiger partial charge < -0.3 is 15.7 Å². The molecule has 8 heteroatoms. The first-order valence-corrected chi connectivity index (χ1v) is 9.66. The number of hydrogen-bond acceptors (Lipinski definition) is 5. The van der Waals surface area contributed by atoms with Gasteiger partial charge in [0.25, 0.3) is 5.91 Å². The molecule has 0 aliphatic carbocycles. The largest absolute Gasteiger partial charge is 0.387 e. The van der Waals surface area contributed by atoms with Crippen molar-refractivity contribution in [3.63, 3.8) is 0 Å². The molecule has 0 saturated carbocycles. The highest BCUT2D eigenvalue weighted by atomic mass is 32.2. The van der Waals surface area contributed by atoms with Gasteiger partial charge in [-0.3, -0.25) is 4.79 Å². The lowest BCUT2D eigenvalue weighted by Crippen LogP contribution is -2.52. The molecule has 0 aromatic heterocycles. The van der Waals surface area contributed by atoms with E-state index >= 15 is 0 Å². The summed E-state index contributed by atoms with van der Waals surface area (Å²) in [7, 11) is -3.73. The molecule has 134 valence electrons. The Morgan fingerprint density at radius 1 is 1.33 bits per heavy atom. The summed E-state index contributed by atoms with van der Waals surface area (Å²) in [5, 5.41) is 16.1. The van der Waals surface area contributed by atoms with Crippen molar-refractivity contribution in [3.05, 3.63) is 29.8 Å². The van der Waals surface area contributed by atoms with Crippen molar-refractivity contribution < 1.29 is 18.3 Å². The highest BCUT2D eigenvalue weighted by Gasteiger charge is 2.30. The molecule has 1 saturated heterocycles. The SMILES string of the molecule is CCCNC(=O)c1ccc(S(=O)(=O)NC[C@]2(O)CCCNC2)cc1. The number of sulfonamides is 1. The second-order valence-electron chi connectivity index (χ2n) is 6.11. The van der Waals surface area contributed by atoms with E-state index in [4.69, 9.17) is 0 Å². The Morgan fingerprint density at radius 3 is 2.62 bits per heavy atom. The average molecular weight is 355 g/mol. The first-order chi connectivity index (χ1) is 11.4. The van der Waals surface area contributed by atoms with E-state index in [-0.39, 0.29) is 17.3 Å². The molecular weight excluding hydrogens is 330 g/mol. The monoisotopic (exact) mass is 355 g/mol. The van der Waals surface area contributed by atoms with Gasteiger partial charge in [-0.15, -0.1) is 0 Å². The Kier molecular flexibility index (Phi) is 6.34. The lowest BCUT2D eigenvalue weighted by atomic mass is 9.95. The normalized spacial score (nSPS) is 21.4. The number of piperidine rings is 1. The smallest absolute Gasteiger partial charge is 0.251 e. The molecule has 24 heavy (non-hydrogen) atoms. The van der Waals surface area contributed by atoms with Crippen molar-refractivity contribution in [2.24, 2.45) is 0 Å². The van der Waals surface area contributed by atoms with Crippen LogP contribution in [0, 0.1) is 0 Å². The van der Waals surface area contributed by atoms with Crippen molar-refractivity contribution in [2.45, 2.75) is 36.7 Å². The topological polar surface area (TPSA) is 108 Å². The van der Waals surface area contributed by atoms with Gasteiger partial charge in [0, 0.05) is 25.2 Å². The average Bonchev–Trinajstić information content (AvgIpc) is 2.59. The standard InChI is InChI=1S/C16H25N3O4S/c1-2-9-18-15(20)13-4-6-14(7-5-13)24(22,23)19-12-16(21)8-3-10-17-11-16/h4-7,17,19,21H,2-3,8-12H2,1H3,(H,18,20)/t16-/m0/s1. The molecule has 1 heterocycles. The molecule has 1 amide bonds. The molecule has 1 aliphatic heterocycles. The molecule has 2 rings (SSSR count). The third-order valence-corrected chi connectivity index (χ3v) is 5.42. The lowest BCUT2D eigenvalue weighted by Gasteiger charge is -2.32. The Morgan fingerprint density at radius 2 is 2.04 bits per heavy atom. The number of rotatable bonds is 7. The molecule has 4 N–H and O–H groups in total. The fraction of sp³-hybridized carbons (Fsp3) is 0.562. The molecule has 1 aliphatic rings. The van der Waals surface area contributed by atoms with Gasteiger partial charge in [0.05, 0.1) is 10.5 Å². The number of benzene rings is 1. The number of aliphatic hydroxyl groups is 1. The van der Waals surface area contributed by atoms with Gasteiger partial charge in [-0.1, -0.05) is 6.92 Å². The van der Waals surface area contributed by atoms with Crippen molar-refractivity contribution in [2.75, 3.05) is 26.2 Å². The Hall–Kier alpha value is -1.48. The van der Waals surface area contributed by atoms with E-state index in [1.165, 1.54) is 24.3 Å². The van der Waals surface area contributed by atoms with E-state index < -0.39 is 15.6 Å². The molecule has 0 unspecified atom stereocenters. The van der Waals surface area contributed by atoms with Gasteiger partial charge >= 0.3 is 0 Å². The summed E-state index contributed by atoms with van der Waals surface area (Å²) in [6.07, 6.45) is 2.19. The minimum Gasteiger partial charge on any atom is -0.387 e. The first kappa shape index (κ1) is 18.9. The number of β-amino-alcohol motifs (C(OH)–C–C–N with tert-alkyl or cyclic N) is 1. The number of hydrogen-bond donors (Lipinski definition) is 4. The molecule has 7 nitrogen and oxygen atoms in total. The van der Waals surface area contributed by atoms with Gasteiger partial charge in [0.2, 0.25) is 10.0 Å². The second-order valence-corrected chi connectivity index (χ2v) is 7.88. The van der Waals surface area contributed by atoms with Crippen molar-refractivity contribution in [3.8, 4) is 0 Å². The molecule has 1 atom stereocenters. The Labute approximate surface area is 142 Å². The number of carbonyl (C=O) groups excluding carboxylic acids is 1. The van der Waals surface area contributed by atoms with Crippen LogP contribution in [0.25, 0.3) is 0 Å². The number of carbonyl (C=O) groups is 1. The van der Waals surface area contributed by atoms with E-state index in [2.05, 4.69) is 15.4 Å². The predicted octanol–water partition coefficient (Wildman–Crippen LogP) is 0.219. The number of amides is 1. The minimum absolute atomic E-state index is 0.0406. The van der Waals surface area contributed by atoms with Gasteiger partial charge in [0.15, 0.2) is 0 Å². The van der Waals surface area contributed by atoms with E-state index in [9.17, 15) is 18.3 Å². The van der Waals surface area contributed by atoms with Crippen LogP contribution in [0.1, 0.15) is 36.5 Å². The third kappa shape index (κ3) is 5.01. The Bertz CT molecular complexity index is 652. The van der Waals surface area contributed by atoms with E-state index in [1.54, 1.807) is 0 Å². The maximum atomic E-state index is 12.3. The van der Waals surface area contributed by atoms with Crippen LogP contribution in [0.15, 0.2) is 29.2 Å². The summed E-state index contributed by atoms with van der Waals surface area (Å²) in [5.41, 5.74) is -0.650. The van der Waals surface area contributed by atoms with E-state index in [0.717, 1.165) is 19.4 Å². The van der Waals surface area contributed by atoms with Gasteiger partial charge in [-0.25, -0.2) is 13.1 Å². The summed E-state index contributed by atoms with van der Waals surface area (Å²) in [4.78, 5) is 11.9. The fourth-order valence-corrected chi connectivity index (χ4v) is 3.66. The highest BCUT2D eigenvalue weighted by Crippen LogP contribution is 2.17. The lowest BCUT2D eigenvalue weighted by molar-refractivity contribution is 0.0218. The summed E-state index contributed by atoms with van der Waals surface area (Å²) >= 11 is 0. The summed E-state index contributed by atoms with van der Waals surface area (Å²) in [6, 6.07) is 5.76. The van der Waals surface area contributed by atoms with Crippen LogP contribution in [0.2, 0.25) is 0 Å². The van der Waals surface area contributed by atoms with Crippen LogP contribution in [0.5, 0.6) is 0 Å². The van der Waals surface area contributed by atoms with Gasteiger partial charge in [-0.05, 0) is 50.1 Å². The molecular formula is C16H25N3O4S. The second kappa shape index (κ2) is 8.06. The Balaban J connectivity index is 2.00. The molecule has 1 aromatic carbocycles. The van der Waals surface area contributed by atoms with E-state index in [0.29, 0.717) is 25.1 Å². The van der Waals surface area contributed by atoms with Crippen LogP contribution in [0.3, 0.4) is 0 Å². The minimum atomic E-state index is -3.73. The van der Waals surface area contributed by atoms with Crippen LogP contribution in [0.4, 0.5) is 0 Å². The fourth-order valence-electron chi connectivity index (χ4n) is 2.54. The van der Waals surface area contributed by atoms with Gasteiger partial charge in [0.1, 0.15) is 0 Å². The van der Waals surface area contributed by atoms with Crippen LogP contribution in [-0.4, -0.2) is 51.2 Å². The molecule has 0 spiro atoms. The zero-order valence-electron chi connectivity index (χ0n) is 13.8. The van der Waals surface area contributed by atoms with E-state index in [1.807, 2.05) is 6.92 Å². The summed E-state index contributed by atoms with van der Waals surface area (Å²) in [6.45, 7) is 3.69.